The van der Waals surface area contributed by atoms with Gasteiger partial charge in [0.25, 0.3) is 0 Å². The van der Waals surface area contributed by atoms with E-state index in [2.05, 4.69) is 20.0 Å². The van der Waals surface area contributed by atoms with Crippen molar-refractivity contribution in [3.05, 3.63) is 66.0 Å². The molecule has 7 heteroatoms. The molecule has 140 valence electrons. The number of nitrogens with zero attached hydrogens (tertiary/aromatic N) is 2. The molecule has 7 nitrogen and oxygen atoms in total. The zero-order valence-electron chi connectivity index (χ0n) is 15.3. The number of rotatable bonds is 6. The lowest BCUT2D eigenvalue weighted by Crippen LogP contribution is -2.40. The van der Waals surface area contributed by atoms with Crippen molar-refractivity contribution in [2.24, 2.45) is 0 Å². The molecule has 0 saturated heterocycles. The number of para-hydroxylation sites is 2. The maximum Gasteiger partial charge on any atom is 0.409 e. The second-order valence-electron chi connectivity index (χ2n) is 6.28. The second-order valence-corrected chi connectivity index (χ2v) is 6.28. The van der Waals surface area contributed by atoms with Gasteiger partial charge in [-0.2, -0.15) is 0 Å². The molecule has 0 unspecified atom stereocenters. The van der Waals surface area contributed by atoms with Crippen LogP contribution in [0.5, 0.6) is 0 Å². The van der Waals surface area contributed by atoms with E-state index in [0.717, 1.165) is 16.6 Å². The fourth-order valence-corrected chi connectivity index (χ4v) is 2.88. The summed E-state index contributed by atoms with van der Waals surface area (Å²) in [5, 5.41) is 2.97. The van der Waals surface area contributed by atoms with E-state index in [-0.39, 0.29) is 18.5 Å². The van der Waals surface area contributed by atoms with Crippen molar-refractivity contribution in [1.29, 1.82) is 0 Å². The lowest BCUT2D eigenvalue weighted by atomic mass is 10.1. The summed E-state index contributed by atoms with van der Waals surface area (Å²) in [5.74, 6) is 0.387. The van der Waals surface area contributed by atoms with E-state index in [0.29, 0.717) is 12.2 Å². The van der Waals surface area contributed by atoms with Crippen LogP contribution in [-0.4, -0.2) is 47.6 Å². The van der Waals surface area contributed by atoms with Gasteiger partial charge in [-0.25, -0.2) is 9.78 Å². The minimum Gasteiger partial charge on any atom is -0.453 e. The first-order chi connectivity index (χ1) is 13.1. The highest BCUT2D eigenvalue weighted by Crippen LogP contribution is 2.20. The van der Waals surface area contributed by atoms with Gasteiger partial charge in [-0.3, -0.25) is 4.79 Å². The number of ether oxygens (including phenoxy) is 1. The molecule has 1 aromatic heterocycles. The van der Waals surface area contributed by atoms with Gasteiger partial charge in [0.05, 0.1) is 24.2 Å². The van der Waals surface area contributed by atoms with E-state index in [4.69, 9.17) is 0 Å². The standard InChI is InChI=1S/C20H22N4O3/c1-24(20(26)27-2)13-18(25)21-17(12-14-8-4-3-5-9-14)19-22-15-10-6-7-11-16(15)23-19/h3-11,17H,12-13H2,1-2H3,(H,21,25)(H,22,23)/t17-/m1/s1. The Bertz CT molecular complexity index is 890. The van der Waals surface area contributed by atoms with E-state index < -0.39 is 6.09 Å². The van der Waals surface area contributed by atoms with Crippen molar-refractivity contribution in [2.45, 2.75) is 12.5 Å². The van der Waals surface area contributed by atoms with Gasteiger partial charge in [0.15, 0.2) is 0 Å². The van der Waals surface area contributed by atoms with Crippen molar-refractivity contribution >= 4 is 23.0 Å². The van der Waals surface area contributed by atoms with Crippen LogP contribution in [-0.2, 0) is 16.0 Å². The fraction of sp³-hybridized carbons (Fsp3) is 0.250. The van der Waals surface area contributed by atoms with Crippen molar-refractivity contribution in [1.82, 2.24) is 20.2 Å². The number of aromatic nitrogens is 2. The van der Waals surface area contributed by atoms with E-state index in [1.165, 1.54) is 19.1 Å². The molecule has 27 heavy (non-hydrogen) atoms. The predicted molar refractivity (Wildman–Crippen MR) is 102 cm³/mol. The van der Waals surface area contributed by atoms with Crippen molar-refractivity contribution in [2.75, 3.05) is 20.7 Å². The molecule has 0 saturated carbocycles. The minimum absolute atomic E-state index is 0.0990. The smallest absolute Gasteiger partial charge is 0.409 e. The highest BCUT2D eigenvalue weighted by Gasteiger charge is 2.21. The van der Waals surface area contributed by atoms with Crippen LogP contribution in [0.1, 0.15) is 17.4 Å². The molecule has 1 heterocycles. The van der Waals surface area contributed by atoms with Gasteiger partial charge in [0.1, 0.15) is 12.4 Å². The molecule has 0 aliphatic rings. The average Bonchev–Trinajstić information content (AvgIpc) is 3.11. The summed E-state index contributed by atoms with van der Waals surface area (Å²) in [7, 11) is 2.79. The molecule has 2 amide bonds. The zero-order valence-corrected chi connectivity index (χ0v) is 15.3. The predicted octanol–water partition coefficient (Wildman–Crippen LogP) is 2.66. The Morgan fingerprint density at radius 3 is 2.56 bits per heavy atom. The molecular weight excluding hydrogens is 344 g/mol. The lowest BCUT2D eigenvalue weighted by molar-refractivity contribution is -0.122. The Hall–Kier alpha value is -3.35. The SMILES string of the molecule is COC(=O)N(C)CC(=O)N[C@H](Cc1ccccc1)c1nc2ccccc2[nH]1. The van der Waals surface area contributed by atoms with Gasteiger partial charge in [-0.1, -0.05) is 42.5 Å². The van der Waals surface area contributed by atoms with Gasteiger partial charge >= 0.3 is 6.09 Å². The number of methoxy groups -OCH3 is 1. The first kappa shape index (κ1) is 18.4. The van der Waals surface area contributed by atoms with Crippen molar-refractivity contribution in [3.63, 3.8) is 0 Å². The molecule has 0 fully saturated rings. The molecule has 1 atom stereocenters. The number of carbonyl (C=O) groups is 2. The summed E-state index contributed by atoms with van der Waals surface area (Å²) in [6, 6.07) is 17.2. The number of likely N-dealkylation sites (N-methyl/N-ethyl adjacent to an activating group) is 1. The number of hydrogen-bond acceptors (Lipinski definition) is 4. The summed E-state index contributed by atoms with van der Waals surface area (Å²) in [6.07, 6.45) is 0.0161. The maximum atomic E-state index is 12.5. The van der Waals surface area contributed by atoms with Gasteiger partial charge in [0.2, 0.25) is 5.91 Å². The number of benzene rings is 2. The van der Waals surface area contributed by atoms with Crippen LogP contribution in [0.3, 0.4) is 0 Å². The number of amides is 2. The molecule has 2 aromatic carbocycles. The molecule has 0 spiro atoms. The molecular formula is C20H22N4O3. The second kappa shape index (κ2) is 8.35. The van der Waals surface area contributed by atoms with E-state index in [1.54, 1.807) is 0 Å². The Kier molecular flexibility index (Phi) is 5.71. The van der Waals surface area contributed by atoms with Crippen LogP contribution in [0.4, 0.5) is 4.79 Å². The quantitative estimate of drug-likeness (QED) is 0.702. The van der Waals surface area contributed by atoms with Gasteiger partial charge < -0.3 is 19.9 Å². The Balaban J connectivity index is 1.81. The van der Waals surface area contributed by atoms with E-state index in [1.807, 2.05) is 54.6 Å². The third kappa shape index (κ3) is 4.63. The van der Waals surface area contributed by atoms with Crippen LogP contribution in [0.25, 0.3) is 11.0 Å². The van der Waals surface area contributed by atoms with Crippen molar-refractivity contribution < 1.29 is 14.3 Å². The van der Waals surface area contributed by atoms with Crippen LogP contribution in [0.2, 0.25) is 0 Å². The molecule has 3 aromatic rings. The lowest BCUT2D eigenvalue weighted by Gasteiger charge is -2.20. The van der Waals surface area contributed by atoms with E-state index in [9.17, 15) is 9.59 Å². The highest BCUT2D eigenvalue weighted by atomic mass is 16.5. The normalized spacial score (nSPS) is 11.8. The van der Waals surface area contributed by atoms with Gasteiger partial charge in [-0.15, -0.1) is 0 Å². The van der Waals surface area contributed by atoms with Gasteiger partial charge in [-0.05, 0) is 24.1 Å². The summed E-state index contributed by atoms with van der Waals surface area (Å²) in [4.78, 5) is 33.1. The maximum absolute atomic E-state index is 12.5. The molecule has 2 N–H and O–H groups in total. The number of nitrogens with one attached hydrogen (secondary N) is 2. The summed E-state index contributed by atoms with van der Waals surface area (Å²) < 4.78 is 4.63. The molecule has 0 radical (unpaired) electrons. The summed E-state index contributed by atoms with van der Waals surface area (Å²) in [5.41, 5.74) is 2.82. The third-order valence-electron chi connectivity index (χ3n) is 4.22. The largest absolute Gasteiger partial charge is 0.453 e. The number of carbonyl (C=O) groups excluding carboxylic acids is 2. The Morgan fingerprint density at radius 2 is 1.85 bits per heavy atom. The fourth-order valence-electron chi connectivity index (χ4n) is 2.88. The molecule has 3 rings (SSSR count). The first-order valence-corrected chi connectivity index (χ1v) is 8.64. The molecule has 0 bridgehead atoms. The molecule has 0 aliphatic heterocycles. The number of aromatic amines is 1. The number of hydrogen-bond donors (Lipinski definition) is 2. The highest BCUT2D eigenvalue weighted by molar-refractivity contribution is 5.82. The topological polar surface area (TPSA) is 87.3 Å². The Morgan fingerprint density at radius 1 is 1.15 bits per heavy atom. The zero-order chi connectivity index (χ0) is 19.2. The molecule has 0 aliphatic carbocycles. The van der Waals surface area contributed by atoms with E-state index >= 15 is 0 Å². The van der Waals surface area contributed by atoms with Crippen LogP contribution >= 0.6 is 0 Å². The Labute approximate surface area is 157 Å². The van der Waals surface area contributed by atoms with Crippen LogP contribution < -0.4 is 5.32 Å². The monoisotopic (exact) mass is 366 g/mol. The minimum atomic E-state index is -0.562. The first-order valence-electron chi connectivity index (χ1n) is 8.64. The third-order valence-corrected chi connectivity index (χ3v) is 4.22. The summed E-state index contributed by atoms with van der Waals surface area (Å²) in [6.45, 7) is -0.0990. The number of fused-ring (bicyclic) bond motifs is 1. The van der Waals surface area contributed by atoms with Crippen molar-refractivity contribution in [3.8, 4) is 0 Å². The number of imidazole rings is 1. The average molecular weight is 366 g/mol. The summed E-state index contributed by atoms with van der Waals surface area (Å²) >= 11 is 0. The van der Waals surface area contributed by atoms with Crippen LogP contribution in [0, 0.1) is 0 Å². The number of H-pyrrole nitrogens is 1. The van der Waals surface area contributed by atoms with Gasteiger partial charge in [0, 0.05) is 7.05 Å². The van der Waals surface area contributed by atoms with Crippen LogP contribution in [0.15, 0.2) is 54.6 Å².